The van der Waals surface area contributed by atoms with Crippen molar-refractivity contribution in [2.24, 2.45) is 0 Å². The van der Waals surface area contributed by atoms with E-state index in [4.69, 9.17) is 0 Å². The highest BCUT2D eigenvalue weighted by molar-refractivity contribution is 5.02. The van der Waals surface area contributed by atoms with E-state index in [9.17, 15) is 61.5 Å². The van der Waals surface area contributed by atoms with Crippen molar-refractivity contribution in [1.82, 2.24) is 0 Å². The van der Waals surface area contributed by atoms with Crippen molar-refractivity contribution in [1.29, 1.82) is 0 Å². The summed E-state index contributed by atoms with van der Waals surface area (Å²) in [6.45, 7) is 0. The molecule has 0 fully saturated rings. The summed E-state index contributed by atoms with van der Waals surface area (Å²) < 4.78 is 168. The maximum atomic E-state index is 12.5. The minimum Gasteiger partial charge on any atom is -0.199 e. The van der Waals surface area contributed by atoms with Gasteiger partial charge < -0.3 is 0 Å². The first-order valence-electron chi connectivity index (χ1n) is 4.35. The fraction of sp³-hybridized carbons (Fsp3) is 1.00. The van der Waals surface area contributed by atoms with Gasteiger partial charge in [-0.15, -0.1) is 0 Å². The fourth-order valence-corrected chi connectivity index (χ4v) is 0.898. The molecule has 0 rings (SSSR count). The van der Waals surface area contributed by atoms with Crippen LogP contribution in [0.15, 0.2) is 0 Å². The Hall–Kier alpha value is -0.980. The van der Waals surface area contributed by atoms with E-state index in [-0.39, 0.29) is 0 Å². The summed E-state index contributed by atoms with van der Waals surface area (Å²) in [6, 6.07) is 0. The van der Waals surface area contributed by atoms with Gasteiger partial charge in [0.15, 0.2) is 0 Å². The number of hydrogen-bond donors (Lipinski definition) is 0. The molecule has 0 unspecified atom stereocenters. The van der Waals surface area contributed by atoms with Crippen LogP contribution in [0.1, 0.15) is 6.42 Å². The second-order valence-electron chi connectivity index (χ2n) is 3.73. The SMILES string of the molecule is FC(F)(F)C(F)(F)CC(F)(F)C(F)(F)C(F)(F)C(F)(F)F. The van der Waals surface area contributed by atoms with Crippen LogP contribution in [0.4, 0.5) is 61.5 Å². The van der Waals surface area contributed by atoms with Crippen molar-refractivity contribution >= 4 is 0 Å². The maximum absolute atomic E-state index is 12.5. The van der Waals surface area contributed by atoms with Crippen molar-refractivity contribution in [3.05, 3.63) is 0 Å². The molecule has 0 aromatic carbocycles. The van der Waals surface area contributed by atoms with E-state index in [1.54, 1.807) is 0 Å². The first kappa shape index (κ1) is 20.0. The summed E-state index contributed by atoms with van der Waals surface area (Å²) in [4.78, 5) is 0. The van der Waals surface area contributed by atoms with Crippen LogP contribution in [0.25, 0.3) is 0 Å². The molecule has 0 aromatic heterocycles. The van der Waals surface area contributed by atoms with Crippen LogP contribution >= 0.6 is 0 Å². The van der Waals surface area contributed by atoms with Gasteiger partial charge in [-0.25, -0.2) is 0 Å². The molecule has 21 heavy (non-hydrogen) atoms. The molecule has 128 valence electrons. The van der Waals surface area contributed by atoms with Gasteiger partial charge in [0, 0.05) is 0 Å². The molecule has 14 heteroatoms. The summed E-state index contributed by atoms with van der Waals surface area (Å²) in [7, 11) is 0. The molecule has 0 aromatic rings. The summed E-state index contributed by atoms with van der Waals surface area (Å²) in [5.41, 5.74) is 0. The minimum atomic E-state index is -7.52. The number of hydrogen-bond acceptors (Lipinski definition) is 0. The Kier molecular flexibility index (Phi) is 4.54. The third kappa shape index (κ3) is 3.27. The highest BCUT2D eigenvalue weighted by Gasteiger charge is 2.83. The molecule has 0 amide bonds. The van der Waals surface area contributed by atoms with Crippen LogP contribution in [0.5, 0.6) is 0 Å². The third-order valence-corrected chi connectivity index (χ3v) is 2.07. The fourth-order valence-electron chi connectivity index (χ4n) is 0.898. The molecule has 0 saturated heterocycles. The highest BCUT2D eigenvalue weighted by Crippen LogP contribution is 2.56. The van der Waals surface area contributed by atoms with E-state index < -0.39 is 42.5 Å². The van der Waals surface area contributed by atoms with Gasteiger partial charge in [-0.2, -0.15) is 61.5 Å². The second kappa shape index (κ2) is 4.76. The van der Waals surface area contributed by atoms with Crippen molar-refractivity contribution in [2.75, 3.05) is 0 Å². The average molecular weight is 352 g/mol. The maximum Gasteiger partial charge on any atom is 0.460 e. The van der Waals surface area contributed by atoms with Gasteiger partial charge in [-0.05, 0) is 0 Å². The molecule has 0 aliphatic carbocycles. The zero-order valence-electron chi connectivity index (χ0n) is 9.00. The van der Waals surface area contributed by atoms with Crippen molar-refractivity contribution in [3.8, 4) is 0 Å². The first-order chi connectivity index (χ1) is 8.71. The molecule has 0 bridgehead atoms. The van der Waals surface area contributed by atoms with E-state index in [1.807, 2.05) is 0 Å². The number of halogens is 14. The summed E-state index contributed by atoms with van der Waals surface area (Å²) >= 11 is 0. The van der Waals surface area contributed by atoms with Crippen LogP contribution in [-0.2, 0) is 0 Å². The Balaban J connectivity index is 5.71. The summed E-state index contributed by atoms with van der Waals surface area (Å²) in [5.74, 6) is -28.6. The number of alkyl halides is 14. The molecule has 0 aliphatic rings. The Bertz CT molecular complexity index is 370. The Morgan fingerprint density at radius 3 is 0.952 bits per heavy atom. The van der Waals surface area contributed by atoms with Crippen molar-refractivity contribution < 1.29 is 61.5 Å². The van der Waals surface area contributed by atoms with E-state index in [0.717, 1.165) is 0 Å². The van der Waals surface area contributed by atoms with E-state index in [1.165, 1.54) is 0 Å². The number of rotatable bonds is 4. The van der Waals surface area contributed by atoms with Crippen LogP contribution < -0.4 is 0 Å². The first-order valence-corrected chi connectivity index (χ1v) is 4.35. The molecule has 0 heterocycles. The Morgan fingerprint density at radius 2 is 0.714 bits per heavy atom. The molecule has 0 nitrogen and oxygen atoms in total. The van der Waals surface area contributed by atoms with Gasteiger partial charge in [0.25, 0.3) is 0 Å². The molecule has 0 spiro atoms. The Morgan fingerprint density at radius 1 is 0.381 bits per heavy atom. The molecule has 0 radical (unpaired) electrons. The lowest BCUT2D eigenvalue weighted by Crippen LogP contribution is -2.62. The topological polar surface area (TPSA) is 0 Å². The molecule has 0 saturated carbocycles. The zero-order chi connectivity index (χ0) is 17.7. The van der Waals surface area contributed by atoms with Gasteiger partial charge in [-0.3, -0.25) is 0 Å². The van der Waals surface area contributed by atoms with Gasteiger partial charge in [-0.1, -0.05) is 0 Å². The lowest BCUT2D eigenvalue weighted by Gasteiger charge is -2.35. The predicted octanol–water partition coefficient (Wildman–Crippen LogP) is 5.04. The van der Waals surface area contributed by atoms with Crippen LogP contribution in [0, 0.1) is 0 Å². The standard InChI is InChI=1S/C7H2F14/c8-2(9,1-3(10,11)6(16,17)18)4(12,13)5(14,15)7(19,20)21/h1H2. The normalized spacial score (nSPS) is 16.3. The summed E-state index contributed by atoms with van der Waals surface area (Å²) in [5, 5.41) is 0. The monoisotopic (exact) mass is 352 g/mol. The minimum absolute atomic E-state index is 4.28. The largest absolute Gasteiger partial charge is 0.460 e. The predicted molar refractivity (Wildman–Crippen MR) is 36.5 cm³/mol. The lowest BCUT2D eigenvalue weighted by molar-refractivity contribution is -0.407. The summed E-state index contributed by atoms with van der Waals surface area (Å²) in [6.07, 6.45) is -18.4. The van der Waals surface area contributed by atoms with Crippen LogP contribution in [-0.4, -0.2) is 36.0 Å². The molecule has 0 atom stereocenters. The average Bonchev–Trinajstić information content (AvgIpc) is 2.11. The second-order valence-corrected chi connectivity index (χ2v) is 3.73. The lowest BCUT2D eigenvalue weighted by atomic mass is 9.98. The van der Waals surface area contributed by atoms with Crippen molar-refractivity contribution in [3.63, 3.8) is 0 Å². The quantitative estimate of drug-likeness (QED) is 0.622. The molecule has 0 aliphatic heterocycles. The van der Waals surface area contributed by atoms with Crippen LogP contribution in [0.3, 0.4) is 0 Å². The third-order valence-electron chi connectivity index (χ3n) is 2.07. The van der Waals surface area contributed by atoms with E-state index in [2.05, 4.69) is 0 Å². The zero-order valence-corrected chi connectivity index (χ0v) is 9.00. The van der Waals surface area contributed by atoms with Gasteiger partial charge in [0.05, 0.1) is 6.42 Å². The van der Waals surface area contributed by atoms with E-state index in [0.29, 0.717) is 0 Å². The molecular weight excluding hydrogens is 350 g/mol. The van der Waals surface area contributed by atoms with Gasteiger partial charge >= 0.3 is 36.0 Å². The smallest absolute Gasteiger partial charge is 0.199 e. The van der Waals surface area contributed by atoms with E-state index >= 15 is 0 Å². The van der Waals surface area contributed by atoms with Crippen molar-refractivity contribution in [2.45, 2.75) is 42.5 Å². The highest BCUT2D eigenvalue weighted by atomic mass is 19.4. The Labute approximate surface area is 105 Å². The molecular formula is C7H2F14. The van der Waals surface area contributed by atoms with Gasteiger partial charge in [0.2, 0.25) is 0 Å². The molecule has 0 N–H and O–H groups in total. The van der Waals surface area contributed by atoms with Gasteiger partial charge in [0.1, 0.15) is 0 Å². The van der Waals surface area contributed by atoms with Crippen LogP contribution in [0.2, 0.25) is 0 Å².